The maximum Gasteiger partial charge on any atom is 0.220 e. The van der Waals surface area contributed by atoms with Crippen molar-refractivity contribution in [2.45, 2.75) is 25.7 Å². The number of hydrogen-bond donors (Lipinski definition) is 1. The largest absolute Gasteiger partial charge is 0.356 e. The van der Waals surface area contributed by atoms with E-state index in [1.165, 1.54) is 4.70 Å². The third-order valence-corrected chi connectivity index (χ3v) is 5.62. The molecule has 1 amide bonds. The standard InChI is InChI=1S/C22H22N4OS/c27-21(11-6-12-22-25-19-9-4-5-10-20(19)28-22)23-14-13-17-15-24-26(16-17)18-7-2-1-3-8-18/h1-5,7-10,15-16H,6,11-14H2,(H,23,27). The number of rotatable bonds is 8. The van der Waals surface area contributed by atoms with Crippen molar-refractivity contribution < 1.29 is 4.79 Å². The van der Waals surface area contributed by atoms with Crippen LogP contribution in [0.1, 0.15) is 23.4 Å². The number of benzene rings is 2. The number of nitrogens with zero attached hydrogens (tertiary/aromatic N) is 3. The van der Waals surface area contributed by atoms with Crippen LogP contribution < -0.4 is 5.32 Å². The Labute approximate surface area is 168 Å². The number of hydrogen-bond acceptors (Lipinski definition) is 4. The number of amides is 1. The van der Waals surface area contributed by atoms with Crippen molar-refractivity contribution in [2.75, 3.05) is 6.54 Å². The predicted octanol–water partition coefficient (Wildman–Crippen LogP) is 4.16. The van der Waals surface area contributed by atoms with E-state index in [2.05, 4.69) is 21.5 Å². The van der Waals surface area contributed by atoms with Crippen LogP contribution in [-0.4, -0.2) is 27.2 Å². The Morgan fingerprint density at radius 3 is 2.71 bits per heavy atom. The first-order chi connectivity index (χ1) is 13.8. The zero-order valence-electron chi connectivity index (χ0n) is 15.5. The van der Waals surface area contributed by atoms with Gasteiger partial charge in [0.1, 0.15) is 0 Å². The molecule has 6 heteroatoms. The van der Waals surface area contributed by atoms with Gasteiger partial charge in [-0.25, -0.2) is 9.67 Å². The minimum atomic E-state index is 0.0940. The van der Waals surface area contributed by atoms with E-state index in [9.17, 15) is 4.79 Å². The molecule has 0 aliphatic rings. The third-order valence-electron chi connectivity index (χ3n) is 4.53. The van der Waals surface area contributed by atoms with Gasteiger partial charge >= 0.3 is 0 Å². The molecular weight excluding hydrogens is 368 g/mol. The lowest BCUT2D eigenvalue weighted by Crippen LogP contribution is -2.25. The second kappa shape index (κ2) is 8.80. The van der Waals surface area contributed by atoms with Gasteiger partial charge in [0, 0.05) is 19.2 Å². The molecule has 28 heavy (non-hydrogen) atoms. The van der Waals surface area contributed by atoms with Crippen LogP contribution in [0.2, 0.25) is 0 Å². The smallest absolute Gasteiger partial charge is 0.220 e. The molecule has 4 rings (SSSR count). The molecule has 0 aliphatic carbocycles. The molecule has 0 fully saturated rings. The Hall–Kier alpha value is -2.99. The van der Waals surface area contributed by atoms with Gasteiger partial charge in [-0.15, -0.1) is 11.3 Å². The third kappa shape index (κ3) is 4.64. The number of nitrogens with one attached hydrogen (secondary N) is 1. The van der Waals surface area contributed by atoms with Gasteiger partial charge in [-0.1, -0.05) is 30.3 Å². The van der Waals surface area contributed by atoms with Crippen LogP contribution in [-0.2, 0) is 17.6 Å². The van der Waals surface area contributed by atoms with E-state index in [4.69, 9.17) is 0 Å². The molecule has 142 valence electrons. The monoisotopic (exact) mass is 390 g/mol. The average Bonchev–Trinajstić information content (AvgIpc) is 3.35. The predicted molar refractivity (Wildman–Crippen MR) is 113 cm³/mol. The Morgan fingerprint density at radius 2 is 1.86 bits per heavy atom. The average molecular weight is 391 g/mol. The summed E-state index contributed by atoms with van der Waals surface area (Å²) in [6.07, 6.45) is 6.82. The van der Waals surface area contributed by atoms with Crippen LogP contribution in [0.3, 0.4) is 0 Å². The fraction of sp³-hybridized carbons (Fsp3) is 0.227. The number of aryl methyl sites for hydroxylation is 1. The Bertz CT molecular complexity index is 1020. The summed E-state index contributed by atoms with van der Waals surface area (Å²) >= 11 is 1.71. The number of thiazole rings is 1. The lowest BCUT2D eigenvalue weighted by molar-refractivity contribution is -0.121. The first-order valence-electron chi connectivity index (χ1n) is 9.48. The molecule has 0 spiro atoms. The maximum absolute atomic E-state index is 12.1. The molecule has 1 N–H and O–H groups in total. The van der Waals surface area contributed by atoms with Crippen LogP contribution >= 0.6 is 11.3 Å². The zero-order valence-corrected chi connectivity index (χ0v) is 16.4. The lowest BCUT2D eigenvalue weighted by atomic mass is 10.2. The molecule has 0 bridgehead atoms. The highest BCUT2D eigenvalue weighted by atomic mass is 32.1. The Kier molecular flexibility index (Phi) is 5.77. The Balaban J connectivity index is 1.18. The molecule has 0 saturated heterocycles. The van der Waals surface area contributed by atoms with Gasteiger partial charge in [-0.3, -0.25) is 4.79 Å². The van der Waals surface area contributed by atoms with Crippen molar-refractivity contribution in [1.82, 2.24) is 20.1 Å². The van der Waals surface area contributed by atoms with Crippen LogP contribution in [0.4, 0.5) is 0 Å². The van der Waals surface area contributed by atoms with Gasteiger partial charge in [0.05, 0.1) is 27.1 Å². The van der Waals surface area contributed by atoms with Crippen molar-refractivity contribution in [3.05, 3.63) is 77.6 Å². The van der Waals surface area contributed by atoms with E-state index >= 15 is 0 Å². The molecule has 0 aliphatic heterocycles. The molecule has 2 aromatic heterocycles. The number of fused-ring (bicyclic) bond motifs is 1. The van der Waals surface area contributed by atoms with E-state index in [-0.39, 0.29) is 5.91 Å². The molecule has 0 radical (unpaired) electrons. The minimum absolute atomic E-state index is 0.0940. The van der Waals surface area contributed by atoms with Gasteiger partial charge in [0.15, 0.2) is 0 Å². The molecule has 0 unspecified atom stereocenters. The highest BCUT2D eigenvalue weighted by Gasteiger charge is 2.06. The van der Waals surface area contributed by atoms with Gasteiger partial charge < -0.3 is 5.32 Å². The fourth-order valence-electron chi connectivity index (χ4n) is 3.07. The van der Waals surface area contributed by atoms with Crippen molar-refractivity contribution in [1.29, 1.82) is 0 Å². The first-order valence-corrected chi connectivity index (χ1v) is 10.3. The number of carbonyl (C=O) groups is 1. The fourth-order valence-corrected chi connectivity index (χ4v) is 4.08. The summed E-state index contributed by atoms with van der Waals surface area (Å²) in [6.45, 7) is 0.625. The highest BCUT2D eigenvalue weighted by Crippen LogP contribution is 2.22. The molecular formula is C22H22N4OS. The van der Waals surface area contributed by atoms with Crippen LogP contribution in [0, 0.1) is 0 Å². The molecule has 2 aromatic carbocycles. The van der Waals surface area contributed by atoms with Crippen molar-refractivity contribution in [3.63, 3.8) is 0 Å². The first kappa shape index (κ1) is 18.4. The summed E-state index contributed by atoms with van der Waals surface area (Å²) in [5, 5.41) is 8.48. The molecule has 2 heterocycles. The number of carbonyl (C=O) groups excluding carboxylic acids is 1. The molecule has 0 atom stereocenters. The van der Waals surface area contributed by atoms with E-state index in [1.807, 2.05) is 65.6 Å². The summed E-state index contributed by atoms with van der Waals surface area (Å²) in [7, 11) is 0. The maximum atomic E-state index is 12.1. The van der Waals surface area contributed by atoms with E-state index in [0.29, 0.717) is 13.0 Å². The molecule has 0 saturated carbocycles. The minimum Gasteiger partial charge on any atom is -0.356 e. The van der Waals surface area contributed by atoms with Crippen LogP contribution in [0.5, 0.6) is 0 Å². The van der Waals surface area contributed by atoms with E-state index in [1.54, 1.807) is 11.3 Å². The van der Waals surface area contributed by atoms with Gasteiger partial charge in [0.25, 0.3) is 0 Å². The SMILES string of the molecule is O=C(CCCc1nc2ccccc2s1)NCCc1cnn(-c2ccccc2)c1. The summed E-state index contributed by atoms with van der Waals surface area (Å²) in [6, 6.07) is 18.2. The van der Waals surface area contributed by atoms with Crippen LogP contribution in [0.15, 0.2) is 67.0 Å². The highest BCUT2D eigenvalue weighted by molar-refractivity contribution is 7.18. The quantitative estimate of drug-likeness (QED) is 0.491. The summed E-state index contributed by atoms with van der Waals surface area (Å²) in [5.41, 5.74) is 3.19. The number of para-hydroxylation sites is 2. The van der Waals surface area contributed by atoms with Crippen LogP contribution in [0.25, 0.3) is 15.9 Å². The Morgan fingerprint density at radius 1 is 1.04 bits per heavy atom. The van der Waals surface area contributed by atoms with Gasteiger partial charge in [-0.2, -0.15) is 5.10 Å². The topological polar surface area (TPSA) is 59.8 Å². The van der Waals surface area contributed by atoms with E-state index < -0.39 is 0 Å². The molecule has 5 nitrogen and oxygen atoms in total. The van der Waals surface area contributed by atoms with Gasteiger partial charge in [-0.05, 0) is 49.1 Å². The lowest BCUT2D eigenvalue weighted by Gasteiger charge is -2.03. The van der Waals surface area contributed by atoms with Crippen molar-refractivity contribution in [2.24, 2.45) is 0 Å². The second-order valence-corrected chi connectivity index (χ2v) is 7.77. The van der Waals surface area contributed by atoms with Crippen molar-refractivity contribution in [3.8, 4) is 5.69 Å². The summed E-state index contributed by atoms with van der Waals surface area (Å²) < 4.78 is 3.06. The second-order valence-electron chi connectivity index (χ2n) is 6.66. The van der Waals surface area contributed by atoms with Crippen molar-refractivity contribution >= 4 is 27.5 Å². The zero-order chi connectivity index (χ0) is 19.2. The summed E-state index contributed by atoms with van der Waals surface area (Å²) in [4.78, 5) is 16.7. The van der Waals surface area contributed by atoms with Gasteiger partial charge in [0.2, 0.25) is 5.91 Å². The normalized spacial score (nSPS) is 11.0. The molecule has 4 aromatic rings. The van der Waals surface area contributed by atoms with E-state index in [0.717, 1.165) is 41.0 Å². The summed E-state index contributed by atoms with van der Waals surface area (Å²) in [5.74, 6) is 0.0940. The number of aromatic nitrogens is 3.